The molecule has 216 valence electrons. The van der Waals surface area contributed by atoms with Gasteiger partial charge in [0.2, 0.25) is 5.91 Å². The summed E-state index contributed by atoms with van der Waals surface area (Å²) in [5.74, 6) is -0.0913. The summed E-state index contributed by atoms with van der Waals surface area (Å²) < 4.78 is 0. The Morgan fingerprint density at radius 1 is 1.07 bits per heavy atom. The van der Waals surface area contributed by atoms with E-state index >= 15 is 0 Å². The number of anilines is 2. The Labute approximate surface area is 247 Å². The van der Waals surface area contributed by atoms with Gasteiger partial charge in [-0.25, -0.2) is 0 Å². The van der Waals surface area contributed by atoms with Crippen LogP contribution in [0.4, 0.5) is 11.4 Å². The number of allylic oxidation sites excluding steroid dienone is 4. The summed E-state index contributed by atoms with van der Waals surface area (Å²) in [6.07, 6.45) is 10.9. The van der Waals surface area contributed by atoms with Gasteiger partial charge in [-0.3, -0.25) is 24.4 Å². The lowest BCUT2D eigenvalue weighted by molar-refractivity contribution is -0.138. The number of rotatable bonds is 7. The van der Waals surface area contributed by atoms with E-state index in [1.54, 1.807) is 6.20 Å². The number of nitrogens with one attached hydrogen (secondary N) is 1. The Morgan fingerprint density at radius 3 is 2.57 bits per heavy atom. The molecule has 1 aromatic heterocycles. The summed E-state index contributed by atoms with van der Waals surface area (Å²) in [6.45, 7) is 4.78. The van der Waals surface area contributed by atoms with Gasteiger partial charge in [-0.05, 0) is 74.6 Å². The molecule has 4 atom stereocenters. The summed E-state index contributed by atoms with van der Waals surface area (Å²) in [7, 11) is 0. The van der Waals surface area contributed by atoms with Gasteiger partial charge in [0.1, 0.15) is 6.10 Å². The number of hydrogen-bond donors (Lipinski definition) is 2. The number of carbonyl (C=O) groups excluding carboxylic acids is 2. The standard InChI is InChI=1S/C35H38N4O3/c1-24(2)37-33(41)32(40)31-22-35(19-21-38(31)23-27-12-8-9-20-36-27)29-13-6-7-14-30(29)39(34(35)42)28-17-15-26(16-18-28)25-10-4-3-5-11-25/h3-10,12-18,20,24-25,31-32,40H,11,19,21-23H2,1-2H3,(H,37,41). The van der Waals surface area contributed by atoms with Gasteiger partial charge in [0, 0.05) is 43.0 Å². The van der Waals surface area contributed by atoms with Crippen LogP contribution in [0, 0.1) is 0 Å². The van der Waals surface area contributed by atoms with E-state index in [4.69, 9.17) is 0 Å². The van der Waals surface area contributed by atoms with Crippen molar-refractivity contribution in [3.05, 3.63) is 114 Å². The first-order chi connectivity index (χ1) is 20.4. The molecule has 2 N–H and O–H groups in total. The van der Waals surface area contributed by atoms with Crippen molar-refractivity contribution in [2.24, 2.45) is 0 Å². The molecule has 1 spiro atoms. The van der Waals surface area contributed by atoms with E-state index in [1.165, 1.54) is 5.56 Å². The third kappa shape index (κ3) is 5.19. The fourth-order valence-electron chi connectivity index (χ4n) is 6.75. The molecule has 42 heavy (non-hydrogen) atoms. The Balaban J connectivity index is 1.34. The summed E-state index contributed by atoms with van der Waals surface area (Å²) >= 11 is 0. The highest BCUT2D eigenvalue weighted by molar-refractivity contribution is 6.13. The van der Waals surface area contributed by atoms with Gasteiger partial charge < -0.3 is 10.4 Å². The smallest absolute Gasteiger partial charge is 0.250 e. The fraction of sp³-hybridized carbons (Fsp3) is 0.343. The van der Waals surface area contributed by atoms with Gasteiger partial charge in [-0.15, -0.1) is 0 Å². The van der Waals surface area contributed by atoms with Crippen molar-refractivity contribution in [1.29, 1.82) is 0 Å². The molecule has 2 amide bonds. The molecule has 3 aromatic rings. The van der Waals surface area contributed by atoms with E-state index in [0.717, 1.165) is 29.1 Å². The van der Waals surface area contributed by atoms with Gasteiger partial charge in [0.15, 0.2) is 0 Å². The number of amides is 2. The van der Waals surface area contributed by atoms with E-state index in [9.17, 15) is 14.7 Å². The van der Waals surface area contributed by atoms with Crippen molar-refractivity contribution in [3.8, 4) is 0 Å². The first-order valence-electron chi connectivity index (χ1n) is 14.9. The van der Waals surface area contributed by atoms with Crippen molar-refractivity contribution in [1.82, 2.24) is 15.2 Å². The lowest BCUT2D eigenvalue weighted by Gasteiger charge is -2.45. The molecule has 2 aromatic carbocycles. The number of aliphatic hydroxyl groups excluding tert-OH is 1. The average molecular weight is 563 g/mol. The maximum Gasteiger partial charge on any atom is 0.250 e. The van der Waals surface area contributed by atoms with Crippen LogP contribution in [0.2, 0.25) is 0 Å². The predicted octanol–water partition coefficient (Wildman–Crippen LogP) is 5.15. The Hall–Kier alpha value is -4.07. The third-order valence-electron chi connectivity index (χ3n) is 8.84. The van der Waals surface area contributed by atoms with Crippen LogP contribution in [-0.2, 0) is 21.5 Å². The van der Waals surface area contributed by atoms with Crippen LogP contribution in [0.1, 0.15) is 55.8 Å². The van der Waals surface area contributed by atoms with Crippen molar-refractivity contribution >= 4 is 23.2 Å². The molecule has 4 unspecified atom stereocenters. The molecule has 0 bridgehead atoms. The number of likely N-dealkylation sites (tertiary alicyclic amines) is 1. The van der Waals surface area contributed by atoms with Gasteiger partial charge in [0.25, 0.3) is 5.91 Å². The van der Waals surface area contributed by atoms with Gasteiger partial charge in [-0.2, -0.15) is 0 Å². The molecule has 2 aliphatic heterocycles. The van der Waals surface area contributed by atoms with Crippen LogP contribution >= 0.6 is 0 Å². The number of hydrogen-bond acceptors (Lipinski definition) is 5. The minimum atomic E-state index is -1.29. The first-order valence-corrected chi connectivity index (χ1v) is 14.9. The monoisotopic (exact) mass is 562 g/mol. The quantitative estimate of drug-likeness (QED) is 0.416. The number of aliphatic hydroxyl groups is 1. The van der Waals surface area contributed by atoms with E-state index < -0.39 is 23.5 Å². The lowest BCUT2D eigenvalue weighted by atomic mass is 9.70. The highest BCUT2D eigenvalue weighted by Crippen LogP contribution is 2.52. The van der Waals surface area contributed by atoms with E-state index in [2.05, 4.69) is 51.6 Å². The minimum absolute atomic E-state index is 0.00380. The SMILES string of the molecule is CC(C)NC(=O)C(O)C1CC2(CCN1Cc1ccccn1)C(=O)N(c1ccc(C3C=CC=CC3)cc1)c1ccccc12. The summed E-state index contributed by atoms with van der Waals surface area (Å²) in [4.78, 5) is 36.2. The van der Waals surface area contributed by atoms with Crippen molar-refractivity contribution in [2.45, 2.75) is 69.2 Å². The number of piperidine rings is 1. The third-order valence-corrected chi connectivity index (χ3v) is 8.84. The zero-order valence-electron chi connectivity index (χ0n) is 24.2. The van der Waals surface area contributed by atoms with E-state index in [0.29, 0.717) is 31.8 Å². The second-order valence-electron chi connectivity index (χ2n) is 11.9. The average Bonchev–Trinajstić information content (AvgIpc) is 3.25. The van der Waals surface area contributed by atoms with Crippen LogP contribution in [0.5, 0.6) is 0 Å². The molecule has 1 fully saturated rings. The molecule has 6 rings (SSSR count). The second kappa shape index (κ2) is 11.7. The fourth-order valence-corrected chi connectivity index (χ4v) is 6.75. The van der Waals surface area contributed by atoms with Gasteiger partial charge in [0.05, 0.1) is 16.8 Å². The van der Waals surface area contributed by atoms with E-state index in [-0.39, 0.29) is 11.9 Å². The van der Waals surface area contributed by atoms with E-state index in [1.807, 2.05) is 73.3 Å². The predicted molar refractivity (Wildman–Crippen MR) is 164 cm³/mol. The molecule has 1 aliphatic carbocycles. The second-order valence-corrected chi connectivity index (χ2v) is 11.9. The largest absolute Gasteiger partial charge is 0.382 e. The summed E-state index contributed by atoms with van der Waals surface area (Å²) in [5, 5.41) is 14.3. The van der Waals surface area contributed by atoms with Gasteiger partial charge >= 0.3 is 0 Å². The maximum atomic E-state index is 14.6. The number of fused-ring (bicyclic) bond motifs is 2. The lowest BCUT2D eigenvalue weighted by Crippen LogP contribution is -2.59. The number of para-hydroxylation sites is 1. The number of carbonyl (C=O) groups is 2. The Morgan fingerprint density at radius 2 is 1.86 bits per heavy atom. The Bertz CT molecular complexity index is 1500. The van der Waals surface area contributed by atoms with Crippen LogP contribution < -0.4 is 10.2 Å². The normalized spacial score (nSPS) is 24.3. The zero-order valence-corrected chi connectivity index (χ0v) is 24.2. The molecule has 3 aliphatic rings. The molecule has 7 nitrogen and oxygen atoms in total. The summed E-state index contributed by atoms with van der Waals surface area (Å²) in [6, 6.07) is 21.3. The van der Waals surface area contributed by atoms with Crippen LogP contribution in [0.15, 0.2) is 97.2 Å². The molecule has 3 heterocycles. The molecule has 7 heteroatoms. The topological polar surface area (TPSA) is 85.8 Å². The number of benzene rings is 2. The van der Waals surface area contributed by atoms with Crippen molar-refractivity contribution < 1.29 is 14.7 Å². The molecular weight excluding hydrogens is 524 g/mol. The highest BCUT2D eigenvalue weighted by Gasteiger charge is 2.56. The number of pyridine rings is 1. The van der Waals surface area contributed by atoms with Crippen molar-refractivity contribution in [2.75, 3.05) is 11.4 Å². The molecular formula is C35H38N4O3. The number of aromatic nitrogens is 1. The zero-order chi connectivity index (χ0) is 29.3. The Kier molecular flexibility index (Phi) is 7.80. The first kappa shape index (κ1) is 28.1. The molecule has 1 saturated heterocycles. The van der Waals surface area contributed by atoms with Crippen LogP contribution in [-0.4, -0.2) is 51.5 Å². The maximum absolute atomic E-state index is 14.6. The van der Waals surface area contributed by atoms with Crippen LogP contribution in [0.25, 0.3) is 0 Å². The van der Waals surface area contributed by atoms with Gasteiger partial charge in [-0.1, -0.05) is 60.7 Å². The minimum Gasteiger partial charge on any atom is -0.382 e. The highest BCUT2D eigenvalue weighted by atomic mass is 16.3. The van der Waals surface area contributed by atoms with Crippen molar-refractivity contribution in [3.63, 3.8) is 0 Å². The van der Waals surface area contributed by atoms with Crippen LogP contribution in [0.3, 0.4) is 0 Å². The molecule has 0 saturated carbocycles. The summed E-state index contributed by atoms with van der Waals surface area (Å²) in [5.41, 5.74) is 3.88. The number of nitrogens with zero attached hydrogens (tertiary/aromatic N) is 3. The molecule has 0 radical (unpaired) electrons.